The van der Waals surface area contributed by atoms with Crippen LogP contribution in [-0.2, 0) is 0 Å². The predicted molar refractivity (Wildman–Crippen MR) is 292 cm³/mol. The predicted octanol–water partition coefficient (Wildman–Crippen LogP) is 19.1. The summed E-state index contributed by atoms with van der Waals surface area (Å²) in [5, 5.41) is 12.3. The average molecular weight is 861 g/mol. The Morgan fingerprint density at radius 2 is 0.412 bits per heavy atom. The third-order valence-corrected chi connectivity index (χ3v) is 13.9. The molecule has 0 unspecified atom stereocenters. The maximum Gasteiger partial charge on any atom is -0.00926 e. The number of hydrogen-bond acceptors (Lipinski definition) is 0. The second-order valence-electron chi connectivity index (χ2n) is 18.1. The highest BCUT2D eigenvalue weighted by Crippen LogP contribution is 2.44. The second-order valence-corrected chi connectivity index (χ2v) is 18.1. The molecule has 68 heavy (non-hydrogen) atoms. The largest absolute Gasteiger partial charge is 0.0622 e. The first-order valence-corrected chi connectivity index (χ1v) is 23.5. The van der Waals surface area contributed by atoms with Crippen molar-refractivity contribution in [3.8, 4) is 77.9 Å². The van der Waals surface area contributed by atoms with Crippen LogP contribution >= 0.6 is 0 Å². The fraction of sp³-hybridized carbons (Fsp3) is 0. The first-order valence-electron chi connectivity index (χ1n) is 23.5. The first-order chi connectivity index (χ1) is 33.6. The van der Waals surface area contributed by atoms with Gasteiger partial charge in [0.05, 0.1) is 0 Å². The van der Waals surface area contributed by atoms with Crippen molar-refractivity contribution in [3.05, 3.63) is 267 Å². The maximum atomic E-state index is 2.44. The van der Waals surface area contributed by atoms with E-state index in [9.17, 15) is 0 Å². The highest BCUT2D eigenvalue weighted by molar-refractivity contribution is 6.11. The monoisotopic (exact) mass is 860 g/mol. The average Bonchev–Trinajstić information content (AvgIpc) is 3.42. The van der Waals surface area contributed by atoms with Gasteiger partial charge in [-0.1, -0.05) is 200 Å². The van der Waals surface area contributed by atoms with Gasteiger partial charge in [0, 0.05) is 0 Å². The number of rotatable bonds is 7. The van der Waals surface area contributed by atoms with Gasteiger partial charge in [0.15, 0.2) is 0 Å². The lowest BCUT2D eigenvalue weighted by Gasteiger charge is -2.18. The highest BCUT2D eigenvalue weighted by atomic mass is 14.2. The van der Waals surface area contributed by atoms with E-state index in [-0.39, 0.29) is 0 Å². The molecule has 0 atom stereocenters. The minimum Gasteiger partial charge on any atom is -0.0622 e. The van der Waals surface area contributed by atoms with Crippen LogP contribution in [0.2, 0.25) is 0 Å². The topological polar surface area (TPSA) is 0 Å². The van der Waals surface area contributed by atoms with Gasteiger partial charge in [-0.2, -0.15) is 0 Å². The van der Waals surface area contributed by atoms with E-state index in [1.54, 1.807) is 0 Å². The zero-order valence-corrected chi connectivity index (χ0v) is 37.4. The summed E-state index contributed by atoms with van der Waals surface area (Å²) in [6, 6.07) is 98.8. The van der Waals surface area contributed by atoms with Gasteiger partial charge in [0.2, 0.25) is 0 Å². The lowest BCUT2D eigenvalue weighted by Crippen LogP contribution is -1.92. The van der Waals surface area contributed by atoms with Gasteiger partial charge in [-0.05, 0) is 198 Å². The van der Waals surface area contributed by atoms with Crippen molar-refractivity contribution in [2.24, 2.45) is 0 Å². The summed E-state index contributed by atoms with van der Waals surface area (Å²) >= 11 is 0. The zero-order chi connectivity index (χ0) is 45.0. The Bertz CT molecular complexity index is 4070. The van der Waals surface area contributed by atoms with Crippen LogP contribution in [0.15, 0.2) is 267 Å². The summed E-state index contributed by atoms with van der Waals surface area (Å²) in [5.74, 6) is 0. The molecule has 0 nitrogen and oxygen atoms in total. The zero-order valence-electron chi connectivity index (χ0n) is 37.4. The standard InChI is InChI=1S/C68H44/c1-3-12-45(13-4-1)53-26-28-58-39-61(32-30-56(58)37-53)65-41-63(52-21-11-20-51(36-52)55-24-22-47-16-7-9-18-49(47)34-55)43-67-66(42-64(44-68(65)67)60-25-23-48-17-8-10-19-50(48)35-60)62-33-31-57-38-54(27-29-59(57)40-62)46-14-5-2-6-15-46/h1-44H. The molecule has 0 aromatic heterocycles. The van der Waals surface area contributed by atoms with Crippen LogP contribution < -0.4 is 0 Å². The van der Waals surface area contributed by atoms with Crippen LogP contribution in [0.4, 0.5) is 0 Å². The molecule has 13 aromatic carbocycles. The molecule has 0 saturated heterocycles. The maximum absolute atomic E-state index is 2.44. The molecule has 0 aliphatic carbocycles. The van der Waals surface area contributed by atoms with E-state index >= 15 is 0 Å². The van der Waals surface area contributed by atoms with Crippen molar-refractivity contribution in [2.45, 2.75) is 0 Å². The van der Waals surface area contributed by atoms with Gasteiger partial charge in [-0.15, -0.1) is 0 Å². The first kappa shape index (κ1) is 39.5. The molecule has 316 valence electrons. The molecule has 0 bridgehead atoms. The molecule has 13 rings (SSSR count). The van der Waals surface area contributed by atoms with Crippen molar-refractivity contribution in [3.63, 3.8) is 0 Å². The Hall–Kier alpha value is -8.84. The van der Waals surface area contributed by atoms with Crippen LogP contribution in [0, 0.1) is 0 Å². The van der Waals surface area contributed by atoms with E-state index in [0.717, 1.165) is 0 Å². The molecule has 13 aromatic rings. The van der Waals surface area contributed by atoms with E-state index in [0.29, 0.717) is 0 Å². The molecule has 0 amide bonds. The molecular formula is C68H44. The Balaban J connectivity index is 1.05. The van der Waals surface area contributed by atoms with Crippen LogP contribution in [0.5, 0.6) is 0 Å². The van der Waals surface area contributed by atoms with Crippen LogP contribution in [0.25, 0.3) is 132 Å². The molecule has 0 spiro atoms. The van der Waals surface area contributed by atoms with E-state index in [4.69, 9.17) is 0 Å². The summed E-state index contributed by atoms with van der Waals surface area (Å²) in [4.78, 5) is 0. The molecular weight excluding hydrogens is 817 g/mol. The Morgan fingerprint density at radius 1 is 0.132 bits per heavy atom. The third-order valence-electron chi connectivity index (χ3n) is 13.9. The second kappa shape index (κ2) is 16.5. The number of hydrogen-bond donors (Lipinski definition) is 0. The van der Waals surface area contributed by atoms with Crippen LogP contribution in [0.1, 0.15) is 0 Å². The fourth-order valence-electron chi connectivity index (χ4n) is 10.3. The van der Waals surface area contributed by atoms with Crippen molar-refractivity contribution >= 4 is 53.9 Å². The SMILES string of the molecule is c1ccc(-c2ccc3cc(-c4cc(-c5ccc6ccccc6c5)cc5c(-c6ccc7cc(-c8ccccc8)ccc7c6)cc(-c6cccc(-c7ccc8ccccc8c7)c6)cc45)ccc3c2)cc1. The van der Waals surface area contributed by atoms with Gasteiger partial charge in [-0.3, -0.25) is 0 Å². The van der Waals surface area contributed by atoms with Gasteiger partial charge in [0.1, 0.15) is 0 Å². The lowest BCUT2D eigenvalue weighted by molar-refractivity contribution is 1.59. The van der Waals surface area contributed by atoms with Gasteiger partial charge >= 0.3 is 0 Å². The van der Waals surface area contributed by atoms with Crippen molar-refractivity contribution in [1.82, 2.24) is 0 Å². The Labute approximate surface area is 396 Å². The van der Waals surface area contributed by atoms with Crippen LogP contribution in [0.3, 0.4) is 0 Å². The minimum absolute atomic E-state index is 1.18. The van der Waals surface area contributed by atoms with Crippen molar-refractivity contribution in [1.29, 1.82) is 0 Å². The molecule has 0 saturated carbocycles. The smallest absolute Gasteiger partial charge is 0.00926 e. The normalized spacial score (nSPS) is 11.5. The molecule has 0 radical (unpaired) electrons. The van der Waals surface area contributed by atoms with E-state index < -0.39 is 0 Å². The molecule has 0 aliphatic heterocycles. The van der Waals surface area contributed by atoms with Gasteiger partial charge in [-0.25, -0.2) is 0 Å². The Kier molecular flexibility index (Phi) is 9.62. The van der Waals surface area contributed by atoms with E-state index in [1.165, 1.54) is 132 Å². The summed E-state index contributed by atoms with van der Waals surface area (Å²) in [7, 11) is 0. The molecule has 0 fully saturated rings. The fourth-order valence-corrected chi connectivity index (χ4v) is 10.3. The molecule has 0 heteroatoms. The van der Waals surface area contributed by atoms with Gasteiger partial charge in [0.25, 0.3) is 0 Å². The number of benzene rings is 13. The van der Waals surface area contributed by atoms with Gasteiger partial charge < -0.3 is 0 Å². The molecule has 0 aliphatic rings. The summed E-state index contributed by atoms with van der Waals surface area (Å²) in [6.07, 6.45) is 0. The number of fused-ring (bicyclic) bond motifs is 5. The minimum atomic E-state index is 1.18. The lowest BCUT2D eigenvalue weighted by atomic mass is 9.85. The van der Waals surface area contributed by atoms with E-state index in [1.807, 2.05) is 0 Å². The Morgan fingerprint density at radius 3 is 0.853 bits per heavy atom. The van der Waals surface area contributed by atoms with E-state index in [2.05, 4.69) is 267 Å². The van der Waals surface area contributed by atoms with Crippen molar-refractivity contribution in [2.75, 3.05) is 0 Å². The van der Waals surface area contributed by atoms with Crippen LogP contribution in [-0.4, -0.2) is 0 Å². The summed E-state index contributed by atoms with van der Waals surface area (Å²) in [5.41, 5.74) is 16.9. The highest BCUT2D eigenvalue weighted by Gasteiger charge is 2.17. The van der Waals surface area contributed by atoms with Crippen molar-refractivity contribution < 1.29 is 0 Å². The third kappa shape index (κ3) is 7.30. The summed E-state index contributed by atoms with van der Waals surface area (Å²) < 4.78 is 0. The summed E-state index contributed by atoms with van der Waals surface area (Å²) in [6.45, 7) is 0. The quantitative estimate of drug-likeness (QED) is 0.150. The molecule has 0 heterocycles. The molecule has 0 N–H and O–H groups in total.